The first-order chi connectivity index (χ1) is 19.5. The zero-order chi connectivity index (χ0) is 27.6. The van der Waals surface area contributed by atoms with E-state index in [1.807, 2.05) is 98.0 Å². The van der Waals surface area contributed by atoms with Crippen LogP contribution in [0.15, 0.2) is 116 Å². The quantitative estimate of drug-likeness (QED) is 0.216. The molecule has 1 aliphatic rings. The average Bonchev–Trinajstić information content (AvgIpc) is 3.59. The van der Waals surface area contributed by atoms with Gasteiger partial charge < -0.3 is 24.6 Å². The number of pyridine rings is 1. The lowest BCUT2D eigenvalue weighted by Crippen LogP contribution is -2.30. The zero-order valence-electron chi connectivity index (χ0n) is 21.6. The minimum Gasteiger partial charge on any atom is -0.478 e. The molecule has 3 aromatic carbocycles. The molecule has 0 radical (unpaired) electrons. The molecular formula is C32H26N4O3S. The molecule has 198 valence electrons. The van der Waals surface area contributed by atoms with E-state index in [0.717, 1.165) is 34.3 Å². The van der Waals surface area contributed by atoms with Gasteiger partial charge in [-0.15, -0.1) is 0 Å². The van der Waals surface area contributed by atoms with Crippen LogP contribution < -0.4 is 15.0 Å². The van der Waals surface area contributed by atoms with E-state index in [4.69, 9.17) is 17.0 Å². The number of benzene rings is 3. The van der Waals surface area contributed by atoms with E-state index in [1.165, 1.54) is 5.56 Å². The fourth-order valence-corrected chi connectivity index (χ4v) is 5.33. The number of carbonyl (C=O) groups is 1. The van der Waals surface area contributed by atoms with E-state index in [2.05, 4.69) is 25.8 Å². The molecule has 0 unspecified atom stereocenters. The average molecular weight is 547 g/mol. The van der Waals surface area contributed by atoms with Gasteiger partial charge in [0.15, 0.2) is 5.11 Å². The van der Waals surface area contributed by atoms with Gasteiger partial charge in [-0.3, -0.25) is 4.98 Å². The van der Waals surface area contributed by atoms with Crippen LogP contribution in [0.5, 0.6) is 11.5 Å². The van der Waals surface area contributed by atoms with E-state index in [9.17, 15) is 9.90 Å². The third-order valence-electron chi connectivity index (χ3n) is 6.95. The summed E-state index contributed by atoms with van der Waals surface area (Å²) >= 11 is 5.89. The van der Waals surface area contributed by atoms with Crippen molar-refractivity contribution in [1.82, 2.24) is 14.9 Å². The van der Waals surface area contributed by atoms with Crippen LogP contribution in [-0.2, 0) is 0 Å². The second-order valence-corrected chi connectivity index (χ2v) is 9.95. The Labute approximate surface area is 237 Å². The molecule has 1 fully saturated rings. The van der Waals surface area contributed by atoms with Crippen LogP contribution in [0.2, 0.25) is 0 Å². The number of anilines is 1. The Hall–Kier alpha value is -4.95. The summed E-state index contributed by atoms with van der Waals surface area (Å²) in [5.74, 6) is 0.544. The number of thiocarbonyl (C=S) groups is 1. The Morgan fingerprint density at radius 2 is 1.55 bits per heavy atom. The summed E-state index contributed by atoms with van der Waals surface area (Å²) in [4.78, 5) is 18.1. The van der Waals surface area contributed by atoms with E-state index >= 15 is 0 Å². The summed E-state index contributed by atoms with van der Waals surface area (Å²) in [7, 11) is 0. The van der Waals surface area contributed by atoms with Crippen LogP contribution in [0.4, 0.5) is 5.69 Å². The summed E-state index contributed by atoms with van der Waals surface area (Å²) in [5.41, 5.74) is 5.02. The van der Waals surface area contributed by atoms with E-state index in [-0.39, 0.29) is 17.6 Å². The molecule has 1 saturated heterocycles. The Kier molecular flexibility index (Phi) is 6.76. The third-order valence-corrected chi connectivity index (χ3v) is 7.26. The highest BCUT2D eigenvalue weighted by molar-refractivity contribution is 7.80. The molecule has 40 heavy (non-hydrogen) atoms. The molecule has 5 aromatic rings. The van der Waals surface area contributed by atoms with Gasteiger partial charge in [0.1, 0.15) is 17.5 Å². The number of aromatic nitrogens is 2. The fourth-order valence-electron chi connectivity index (χ4n) is 4.99. The van der Waals surface area contributed by atoms with E-state index < -0.39 is 5.97 Å². The smallest absolute Gasteiger partial charge is 0.335 e. The van der Waals surface area contributed by atoms with Crippen molar-refractivity contribution < 1.29 is 14.6 Å². The molecule has 1 aliphatic heterocycles. The lowest BCUT2D eigenvalue weighted by molar-refractivity contribution is 0.0697. The van der Waals surface area contributed by atoms with Crippen molar-refractivity contribution in [2.24, 2.45) is 0 Å². The largest absolute Gasteiger partial charge is 0.478 e. The van der Waals surface area contributed by atoms with Crippen molar-refractivity contribution in [3.05, 3.63) is 138 Å². The molecule has 2 aromatic heterocycles. The van der Waals surface area contributed by atoms with Gasteiger partial charge in [0, 0.05) is 29.5 Å². The number of rotatable bonds is 7. The zero-order valence-corrected chi connectivity index (χ0v) is 22.5. The molecule has 2 N–H and O–H groups in total. The van der Waals surface area contributed by atoms with Crippen LogP contribution in [-0.4, -0.2) is 25.7 Å². The van der Waals surface area contributed by atoms with Crippen LogP contribution in [0.1, 0.15) is 39.4 Å². The molecule has 3 heterocycles. The molecule has 8 heteroatoms. The molecule has 6 rings (SSSR count). The molecule has 2 atom stereocenters. The van der Waals surface area contributed by atoms with Crippen molar-refractivity contribution >= 4 is 29.0 Å². The van der Waals surface area contributed by atoms with Crippen molar-refractivity contribution in [2.45, 2.75) is 19.0 Å². The van der Waals surface area contributed by atoms with Crippen LogP contribution in [0, 0.1) is 6.92 Å². The first kappa shape index (κ1) is 25.3. The lowest BCUT2D eigenvalue weighted by atomic mass is 10.0. The summed E-state index contributed by atoms with van der Waals surface area (Å²) in [6.07, 6.45) is 3.75. The number of carboxylic acid groups (broad SMARTS) is 1. The summed E-state index contributed by atoms with van der Waals surface area (Å²) in [5, 5.41) is 13.4. The van der Waals surface area contributed by atoms with Gasteiger partial charge in [0.2, 0.25) is 0 Å². The topological polar surface area (TPSA) is 79.6 Å². The number of nitrogens with zero attached hydrogens (tertiary/aromatic N) is 3. The van der Waals surface area contributed by atoms with Crippen LogP contribution in [0.3, 0.4) is 0 Å². The predicted molar refractivity (Wildman–Crippen MR) is 158 cm³/mol. The SMILES string of the molecule is Cc1ccc(Oc2ccc(N3C(=S)N[C@H](c4ccccn4)[C@H]3c3cccn3-c3ccc(C(=O)O)cc3)cc2)cc1. The van der Waals surface area contributed by atoms with Crippen molar-refractivity contribution in [2.75, 3.05) is 4.90 Å². The molecule has 0 aliphatic carbocycles. The number of hydrogen-bond acceptors (Lipinski definition) is 4. The maximum absolute atomic E-state index is 11.4. The van der Waals surface area contributed by atoms with Crippen LogP contribution in [0.25, 0.3) is 5.69 Å². The maximum atomic E-state index is 11.4. The van der Waals surface area contributed by atoms with Gasteiger partial charge in [-0.2, -0.15) is 0 Å². The summed E-state index contributed by atoms with van der Waals surface area (Å²) in [6.45, 7) is 2.04. The normalized spacial score (nSPS) is 16.5. The number of ether oxygens (including phenoxy) is 1. The molecule has 0 bridgehead atoms. The van der Waals surface area contributed by atoms with E-state index in [1.54, 1.807) is 18.3 Å². The highest BCUT2D eigenvalue weighted by Gasteiger charge is 2.42. The molecule has 0 spiro atoms. The number of hydrogen-bond donors (Lipinski definition) is 2. The fraction of sp³-hybridized carbons (Fsp3) is 0.0938. The van der Waals surface area contributed by atoms with Crippen molar-refractivity contribution in [1.29, 1.82) is 0 Å². The van der Waals surface area contributed by atoms with Gasteiger partial charge in [-0.05, 0) is 104 Å². The number of aryl methyl sites for hydroxylation is 1. The van der Waals surface area contributed by atoms with Crippen molar-refractivity contribution in [3.8, 4) is 17.2 Å². The van der Waals surface area contributed by atoms with Gasteiger partial charge in [-0.25, -0.2) is 4.79 Å². The number of aromatic carboxylic acids is 1. The number of nitrogens with one attached hydrogen (secondary N) is 1. The Bertz CT molecular complexity index is 1650. The Morgan fingerprint density at radius 3 is 2.20 bits per heavy atom. The Morgan fingerprint density at radius 1 is 0.875 bits per heavy atom. The van der Waals surface area contributed by atoms with Crippen LogP contribution >= 0.6 is 12.2 Å². The van der Waals surface area contributed by atoms with Crippen molar-refractivity contribution in [3.63, 3.8) is 0 Å². The molecular weight excluding hydrogens is 520 g/mol. The predicted octanol–water partition coefficient (Wildman–Crippen LogP) is 6.85. The minimum absolute atomic E-state index is 0.218. The third kappa shape index (κ3) is 4.92. The second kappa shape index (κ2) is 10.7. The lowest BCUT2D eigenvalue weighted by Gasteiger charge is -2.29. The molecule has 7 nitrogen and oxygen atoms in total. The monoisotopic (exact) mass is 546 g/mol. The summed E-state index contributed by atoms with van der Waals surface area (Å²) in [6, 6.07) is 32.1. The van der Waals surface area contributed by atoms with Gasteiger partial charge in [0.05, 0.1) is 17.3 Å². The first-order valence-corrected chi connectivity index (χ1v) is 13.2. The highest BCUT2D eigenvalue weighted by atomic mass is 32.1. The minimum atomic E-state index is -0.958. The van der Waals surface area contributed by atoms with Gasteiger partial charge in [-0.1, -0.05) is 23.8 Å². The molecule has 0 saturated carbocycles. The number of carboxylic acids is 1. The second-order valence-electron chi connectivity index (χ2n) is 9.56. The first-order valence-electron chi connectivity index (χ1n) is 12.8. The molecule has 0 amide bonds. The highest BCUT2D eigenvalue weighted by Crippen LogP contribution is 2.42. The van der Waals surface area contributed by atoms with E-state index in [0.29, 0.717) is 5.11 Å². The van der Waals surface area contributed by atoms with Gasteiger partial charge >= 0.3 is 5.97 Å². The summed E-state index contributed by atoms with van der Waals surface area (Å²) < 4.78 is 8.11. The standard InChI is InChI=1S/C32H26N4O3S/c1-21-7-15-25(16-8-21)39-26-17-13-24(14-18-26)36-30(29(34-32(36)40)27-5-2-3-19-33-27)28-6-4-20-35(28)23-11-9-22(10-12-23)31(37)38/h2-20,29-30H,1H3,(H,34,40)(H,37,38)/t29-,30-/m1/s1. The Balaban J connectivity index is 1.38. The van der Waals surface area contributed by atoms with Gasteiger partial charge in [0.25, 0.3) is 0 Å². The maximum Gasteiger partial charge on any atom is 0.335 e.